The topological polar surface area (TPSA) is 70.0 Å². The first-order valence-corrected chi connectivity index (χ1v) is 2.27. The van der Waals surface area contributed by atoms with Gasteiger partial charge in [-0.3, -0.25) is 9.59 Å². The Hall–Kier alpha value is -1.37. The molecule has 0 fully saturated rings. The number of rotatable bonds is 3. The Morgan fingerprint density at radius 1 is 1.67 bits per heavy atom. The molecule has 9 heavy (non-hydrogen) atoms. The van der Waals surface area contributed by atoms with Crippen LogP contribution in [-0.2, 0) is 9.59 Å². The van der Waals surface area contributed by atoms with E-state index in [1.54, 1.807) is 6.07 Å². The number of nitriles is 1. The molecule has 0 heterocycles. The Bertz CT molecular complexity index is 161. The highest BCUT2D eigenvalue weighted by atomic mass is 16.1. The SMILES string of the molecule is CC(C#N)(C=O)NC=O. The third-order valence-electron chi connectivity index (χ3n) is 0.827. The summed E-state index contributed by atoms with van der Waals surface area (Å²) in [5.41, 5.74) is -1.36. The molecule has 1 unspecified atom stereocenters. The van der Waals surface area contributed by atoms with Gasteiger partial charge in [-0.25, -0.2) is 0 Å². The van der Waals surface area contributed by atoms with Crippen LogP contribution in [0.5, 0.6) is 0 Å². The van der Waals surface area contributed by atoms with Crippen molar-refractivity contribution in [3.63, 3.8) is 0 Å². The highest BCUT2D eigenvalue weighted by Crippen LogP contribution is 1.92. The second kappa shape index (κ2) is 2.82. The van der Waals surface area contributed by atoms with E-state index in [-0.39, 0.29) is 0 Å². The van der Waals surface area contributed by atoms with E-state index < -0.39 is 5.54 Å². The van der Waals surface area contributed by atoms with E-state index in [1.165, 1.54) is 6.92 Å². The Kier molecular flexibility index (Phi) is 2.39. The zero-order valence-electron chi connectivity index (χ0n) is 4.92. The maximum absolute atomic E-state index is 10.0. The van der Waals surface area contributed by atoms with Gasteiger partial charge >= 0.3 is 0 Å². The standard InChI is InChI=1S/C5H6N2O2/c1-5(2-6,3-8)7-4-9/h3-4H,1H3,(H,7,9). The lowest BCUT2D eigenvalue weighted by atomic mass is 10.1. The summed E-state index contributed by atoms with van der Waals surface area (Å²) in [6.45, 7) is 1.31. The predicted octanol–water partition coefficient (Wildman–Crippen LogP) is -0.786. The lowest BCUT2D eigenvalue weighted by Crippen LogP contribution is -2.41. The van der Waals surface area contributed by atoms with Crippen LogP contribution in [0.15, 0.2) is 0 Å². The van der Waals surface area contributed by atoms with Crippen molar-refractivity contribution in [3.8, 4) is 6.07 Å². The summed E-state index contributed by atoms with van der Waals surface area (Å²) >= 11 is 0. The fraction of sp³-hybridized carbons (Fsp3) is 0.400. The van der Waals surface area contributed by atoms with Gasteiger partial charge in [0.15, 0.2) is 11.8 Å². The van der Waals surface area contributed by atoms with E-state index in [9.17, 15) is 9.59 Å². The molecule has 0 aliphatic heterocycles. The van der Waals surface area contributed by atoms with Crippen LogP contribution in [0, 0.1) is 11.3 Å². The van der Waals surface area contributed by atoms with Crippen LogP contribution in [0.4, 0.5) is 0 Å². The van der Waals surface area contributed by atoms with E-state index in [4.69, 9.17) is 5.26 Å². The Balaban J connectivity index is 4.12. The number of carbonyl (C=O) groups excluding carboxylic acids is 2. The second-order valence-corrected chi connectivity index (χ2v) is 1.69. The van der Waals surface area contributed by atoms with Crippen molar-refractivity contribution in [2.45, 2.75) is 12.5 Å². The molecular formula is C5H6N2O2. The molecule has 1 amide bonds. The molecule has 4 heteroatoms. The monoisotopic (exact) mass is 126 g/mol. The number of hydrogen-bond acceptors (Lipinski definition) is 3. The predicted molar refractivity (Wildman–Crippen MR) is 29.3 cm³/mol. The van der Waals surface area contributed by atoms with E-state index >= 15 is 0 Å². The maximum Gasteiger partial charge on any atom is 0.208 e. The average Bonchev–Trinajstić information content (AvgIpc) is 1.89. The van der Waals surface area contributed by atoms with Gasteiger partial charge in [0, 0.05) is 0 Å². The third kappa shape index (κ3) is 1.91. The summed E-state index contributed by atoms with van der Waals surface area (Å²) < 4.78 is 0. The fourth-order valence-electron chi connectivity index (χ4n) is 0.215. The highest BCUT2D eigenvalue weighted by Gasteiger charge is 2.20. The summed E-state index contributed by atoms with van der Waals surface area (Å²) in [7, 11) is 0. The van der Waals surface area contributed by atoms with Crippen molar-refractivity contribution in [2.24, 2.45) is 0 Å². The largest absolute Gasteiger partial charge is 0.335 e. The fourth-order valence-corrected chi connectivity index (χ4v) is 0.215. The molecule has 0 saturated heterocycles. The number of nitrogens with zero attached hydrogens (tertiary/aromatic N) is 1. The van der Waals surface area contributed by atoms with E-state index in [0.717, 1.165) is 0 Å². The lowest BCUT2D eigenvalue weighted by molar-refractivity contribution is -0.116. The molecule has 0 spiro atoms. The molecule has 0 saturated carbocycles. The van der Waals surface area contributed by atoms with E-state index in [1.807, 2.05) is 5.32 Å². The molecule has 0 aliphatic rings. The van der Waals surface area contributed by atoms with Gasteiger partial charge in [0.25, 0.3) is 0 Å². The van der Waals surface area contributed by atoms with Gasteiger partial charge in [-0.05, 0) is 6.92 Å². The lowest BCUT2D eigenvalue weighted by Gasteiger charge is -2.09. The Morgan fingerprint density at radius 2 is 2.22 bits per heavy atom. The molecule has 1 atom stereocenters. The number of hydrogen-bond donors (Lipinski definition) is 1. The van der Waals surface area contributed by atoms with Crippen LogP contribution in [0.1, 0.15) is 6.92 Å². The number of aldehydes is 1. The molecule has 1 N–H and O–H groups in total. The summed E-state index contributed by atoms with van der Waals surface area (Å²) in [6, 6.07) is 1.62. The van der Waals surface area contributed by atoms with Crippen molar-refractivity contribution in [1.82, 2.24) is 5.32 Å². The van der Waals surface area contributed by atoms with Crippen LogP contribution < -0.4 is 5.32 Å². The van der Waals surface area contributed by atoms with Crippen molar-refractivity contribution >= 4 is 12.7 Å². The number of nitrogens with one attached hydrogen (secondary N) is 1. The average molecular weight is 126 g/mol. The molecule has 0 aromatic heterocycles. The number of carbonyl (C=O) groups is 2. The molecule has 4 nitrogen and oxygen atoms in total. The van der Waals surface area contributed by atoms with Gasteiger partial charge in [-0.1, -0.05) is 0 Å². The first-order valence-electron chi connectivity index (χ1n) is 2.27. The van der Waals surface area contributed by atoms with Gasteiger partial charge in [0.1, 0.15) is 0 Å². The zero-order chi connectivity index (χ0) is 7.33. The second-order valence-electron chi connectivity index (χ2n) is 1.69. The van der Waals surface area contributed by atoms with Gasteiger partial charge in [-0.15, -0.1) is 0 Å². The molecule has 0 radical (unpaired) electrons. The van der Waals surface area contributed by atoms with Gasteiger partial charge in [0.2, 0.25) is 6.41 Å². The summed E-state index contributed by atoms with van der Waals surface area (Å²) in [5.74, 6) is 0. The van der Waals surface area contributed by atoms with Crippen LogP contribution in [0.2, 0.25) is 0 Å². The minimum atomic E-state index is -1.36. The van der Waals surface area contributed by atoms with Crippen molar-refractivity contribution in [3.05, 3.63) is 0 Å². The first-order chi connectivity index (χ1) is 4.18. The minimum absolute atomic E-state index is 0.317. The molecule has 0 rings (SSSR count). The highest BCUT2D eigenvalue weighted by molar-refractivity contribution is 5.72. The van der Waals surface area contributed by atoms with Gasteiger partial charge in [0.05, 0.1) is 6.07 Å². The molecule has 48 valence electrons. The molecule has 0 aromatic rings. The van der Waals surface area contributed by atoms with Gasteiger partial charge in [-0.2, -0.15) is 5.26 Å². The molecule has 0 bridgehead atoms. The summed E-state index contributed by atoms with van der Waals surface area (Å²) in [6.07, 6.45) is 0.693. The van der Waals surface area contributed by atoms with Crippen LogP contribution >= 0.6 is 0 Å². The Morgan fingerprint density at radius 3 is 2.33 bits per heavy atom. The van der Waals surface area contributed by atoms with Crippen LogP contribution in [-0.4, -0.2) is 18.2 Å². The molecular weight excluding hydrogens is 120 g/mol. The van der Waals surface area contributed by atoms with Crippen LogP contribution in [0.25, 0.3) is 0 Å². The summed E-state index contributed by atoms with van der Waals surface area (Å²) in [4.78, 5) is 19.7. The minimum Gasteiger partial charge on any atom is -0.335 e. The number of amides is 1. The van der Waals surface area contributed by atoms with Crippen LogP contribution in [0.3, 0.4) is 0 Å². The smallest absolute Gasteiger partial charge is 0.208 e. The summed E-state index contributed by atoms with van der Waals surface area (Å²) in [5, 5.41) is 10.3. The van der Waals surface area contributed by atoms with E-state index in [0.29, 0.717) is 12.7 Å². The molecule has 0 aliphatic carbocycles. The zero-order valence-corrected chi connectivity index (χ0v) is 4.92. The quantitative estimate of drug-likeness (QED) is 0.504. The Labute approximate surface area is 52.5 Å². The van der Waals surface area contributed by atoms with Crippen molar-refractivity contribution in [2.75, 3.05) is 0 Å². The molecule has 0 aromatic carbocycles. The van der Waals surface area contributed by atoms with Crippen molar-refractivity contribution < 1.29 is 9.59 Å². The van der Waals surface area contributed by atoms with Crippen molar-refractivity contribution in [1.29, 1.82) is 5.26 Å². The first kappa shape index (κ1) is 7.63. The van der Waals surface area contributed by atoms with E-state index in [2.05, 4.69) is 0 Å². The third-order valence-corrected chi connectivity index (χ3v) is 0.827. The maximum atomic E-state index is 10.0. The van der Waals surface area contributed by atoms with Gasteiger partial charge < -0.3 is 5.32 Å². The normalized spacial score (nSPS) is 14.7.